The second kappa shape index (κ2) is 8.59. The molecule has 1 aromatic carbocycles. The molecule has 8 nitrogen and oxygen atoms in total. The predicted octanol–water partition coefficient (Wildman–Crippen LogP) is 0.368. The van der Waals surface area contributed by atoms with Gasteiger partial charge in [0.2, 0.25) is 5.91 Å². The summed E-state index contributed by atoms with van der Waals surface area (Å²) in [5, 5.41) is 0. The van der Waals surface area contributed by atoms with Gasteiger partial charge in [-0.15, -0.1) is 0 Å². The third-order valence-electron chi connectivity index (χ3n) is 5.43. The number of nitrogens with zero attached hydrogens (tertiary/aromatic N) is 4. The first-order chi connectivity index (χ1) is 13.8. The molecule has 0 bridgehead atoms. The summed E-state index contributed by atoms with van der Waals surface area (Å²) in [6, 6.07) is 4.41. The van der Waals surface area contributed by atoms with Crippen molar-refractivity contribution in [1.29, 1.82) is 0 Å². The highest BCUT2D eigenvalue weighted by Gasteiger charge is 2.34. The molecule has 2 heterocycles. The van der Waals surface area contributed by atoms with E-state index < -0.39 is 17.6 Å². The first kappa shape index (κ1) is 20.8. The molecule has 0 aromatic heterocycles. The average molecular weight is 404 g/mol. The van der Waals surface area contributed by atoms with Crippen LogP contribution in [0.2, 0.25) is 0 Å². The number of hydrogen-bond acceptors (Lipinski definition) is 5. The summed E-state index contributed by atoms with van der Waals surface area (Å²) in [5.74, 6) is -2.09. The molecule has 0 radical (unpaired) electrons. The zero-order chi connectivity index (χ0) is 21.1. The third kappa shape index (κ3) is 4.38. The number of amides is 3. The van der Waals surface area contributed by atoms with E-state index in [2.05, 4.69) is 0 Å². The second-order valence-electron chi connectivity index (χ2n) is 7.20. The fraction of sp³-hybridized carbons (Fsp3) is 0.500. The summed E-state index contributed by atoms with van der Waals surface area (Å²) in [6.07, 6.45) is 0. The molecule has 1 aromatic rings. The van der Waals surface area contributed by atoms with Gasteiger partial charge in [0.05, 0.1) is 5.69 Å². The van der Waals surface area contributed by atoms with Gasteiger partial charge in [-0.2, -0.15) is 0 Å². The molecule has 0 atom stereocenters. The van der Waals surface area contributed by atoms with Gasteiger partial charge in [-0.05, 0) is 32.0 Å². The molecule has 2 aliphatic heterocycles. The molecule has 2 aliphatic rings. The minimum atomic E-state index is -0.641. The molecule has 2 saturated heterocycles. The summed E-state index contributed by atoms with van der Waals surface area (Å²) in [4.78, 5) is 54.3. The Morgan fingerprint density at radius 3 is 2.17 bits per heavy atom. The van der Waals surface area contributed by atoms with E-state index in [1.54, 1.807) is 17.0 Å². The van der Waals surface area contributed by atoms with Gasteiger partial charge in [0, 0.05) is 51.4 Å². The number of ketones is 1. The Hall–Kier alpha value is -2.97. The molecule has 3 amide bonds. The van der Waals surface area contributed by atoms with Gasteiger partial charge >= 0.3 is 11.8 Å². The minimum Gasteiger partial charge on any atom is -0.366 e. The van der Waals surface area contributed by atoms with Crippen molar-refractivity contribution in [2.24, 2.45) is 0 Å². The van der Waals surface area contributed by atoms with Gasteiger partial charge in [-0.25, -0.2) is 4.39 Å². The van der Waals surface area contributed by atoms with Crippen LogP contribution in [0.5, 0.6) is 0 Å². The van der Waals surface area contributed by atoms with Gasteiger partial charge in [0.1, 0.15) is 12.4 Å². The topological polar surface area (TPSA) is 81.2 Å². The van der Waals surface area contributed by atoms with Crippen molar-refractivity contribution in [2.75, 3.05) is 57.3 Å². The van der Waals surface area contributed by atoms with Crippen molar-refractivity contribution >= 4 is 29.2 Å². The molecule has 0 aliphatic carbocycles. The van der Waals surface area contributed by atoms with Crippen molar-refractivity contribution in [1.82, 2.24) is 14.7 Å². The Morgan fingerprint density at radius 1 is 0.966 bits per heavy atom. The van der Waals surface area contributed by atoms with Crippen LogP contribution in [0.3, 0.4) is 0 Å². The zero-order valence-corrected chi connectivity index (χ0v) is 16.7. The Balaban J connectivity index is 1.55. The van der Waals surface area contributed by atoms with E-state index in [0.717, 1.165) is 0 Å². The molecule has 0 unspecified atom stereocenters. The lowest BCUT2D eigenvalue weighted by Gasteiger charge is -2.38. The van der Waals surface area contributed by atoms with Gasteiger partial charge in [0.15, 0.2) is 5.78 Å². The maximum absolute atomic E-state index is 14.3. The van der Waals surface area contributed by atoms with Crippen LogP contribution < -0.4 is 4.90 Å². The van der Waals surface area contributed by atoms with Crippen LogP contribution in [0.25, 0.3) is 0 Å². The second-order valence-corrected chi connectivity index (χ2v) is 7.20. The number of anilines is 1. The van der Waals surface area contributed by atoms with E-state index >= 15 is 0 Å². The largest absolute Gasteiger partial charge is 0.366 e. The Morgan fingerprint density at radius 2 is 1.59 bits per heavy atom. The van der Waals surface area contributed by atoms with E-state index in [1.807, 2.05) is 11.8 Å². The Kier molecular flexibility index (Phi) is 6.14. The van der Waals surface area contributed by atoms with Crippen molar-refractivity contribution in [3.8, 4) is 0 Å². The Bertz CT molecular complexity index is 836. The summed E-state index contributed by atoms with van der Waals surface area (Å²) in [7, 11) is 0. The number of piperazine rings is 2. The number of likely N-dealkylation sites (N-methyl/N-ethyl adjacent to an activating group) is 1. The highest BCUT2D eigenvalue weighted by atomic mass is 19.1. The van der Waals surface area contributed by atoms with E-state index in [0.29, 0.717) is 57.1 Å². The smallest absolute Gasteiger partial charge is 0.312 e. The number of Topliss-reactive ketones (excluding diaryl/α,β-unsaturated/α-hetero) is 1. The minimum absolute atomic E-state index is 0.121. The van der Waals surface area contributed by atoms with E-state index in [9.17, 15) is 23.6 Å². The summed E-state index contributed by atoms with van der Waals surface area (Å²) in [5.41, 5.74) is 0.723. The average Bonchev–Trinajstić information content (AvgIpc) is 2.71. The molecule has 0 spiro atoms. The number of carbonyl (C=O) groups excluding carboxylic acids is 4. The van der Waals surface area contributed by atoms with Crippen molar-refractivity contribution < 1.29 is 23.6 Å². The van der Waals surface area contributed by atoms with Gasteiger partial charge in [-0.1, -0.05) is 0 Å². The first-order valence-electron chi connectivity index (χ1n) is 9.73. The molecule has 0 saturated carbocycles. The zero-order valence-electron chi connectivity index (χ0n) is 16.7. The SMILES string of the molecule is CCN1CCN(CC(=O)N2CCN(c3ccc(C(C)=O)cc3F)CC2)C(=O)C1=O. The molecule has 29 heavy (non-hydrogen) atoms. The molecule has 9 heteroatoms. The van der Waals surface area contributed by atoms with Gasteiger partial charge in [-0.3, -0.25) is 19.2 Å². The summed E-state index contributed by atoms with van der Waals surface area (Å²) < 4.78 is 14.3. The highest BCUT2D eigenvalue weighted by Crippen LogP contribution is 2.22. The molecular formula is C20H25FN4O4. The van der Waals surface area contributed by atoms with Crippen LogP contribution in [0.15, 0.2) is 18.2 Å². The monoisotopic (exact) mass is 404 g/mol. The lowest BCUT2D eigenvalue weighted by atomic mass is 10.1. The number of carbonyl (C=O) groups is 4. The fourth-order valence-corrected chi connectivity index (χ4v) is 3.61. The standard InChI is InChI=1S/C20H25FN4O4/c1-3-22-6-11-25(20(29)19(22)28)13-18(27)24-9-7-23(8-10-24)17-5-4-15(14(2)26)12-16(17)21/h4-5,12H,3,6-11,13H2,1-2H3. The molecule has 2 fully saturated rings. The van der Waals surface area contributed by atoms with Crippen LogP contribution in [0.1, 0.15) is 24.2 Å². The fourth-order valence-electron chi connectivity index (χ4n) is 3.61. The highest BCUT2D eigenvalue weighted by molar-refractivity contribution is 6.35. The number of benzene rings is 1. The first-order valence-corrected chi connectivity index (χ1v) is 9.73. The van der Waals surface area contributed by atoms with Crippen molar-refractivity contribution in [3.05, 3.63) is 29.6 Å². The maximum atomic E-state index is 14.3. The number of hydrogen-bond donors (Lipinski definition) is 0. The van der Waals surface area contributed by atoms with E-state index in [1.165, 1.54) is 22.8 Å². The quantitative estimate of drug-likeness (QED) is 0.523. The number of halogens is 1. The molecular weight excluding hydrogens is 379 g/mol. The van der Waals surface area contributed by atoms with Crippen LogP contribution >= 0.6 is 0 Å². The van der Waals surface area contributed by atoms with E-state index in [4.69, 9.17) is 0 Å². The number of rotatable bonds is 5. The third-order valence-corrected chi connectivity index (χ3v) is 5.43. The predicted molar refractivity (Wildman–Crippen MR) is 104 cm³/mol. The van der Waals surface area contributed by atoms with Gasteiger partial charge in [0.25, 0.3) is 0 Å². The van der Waals surface area contributed by atoms with Crippen molar-refractivity contribution in [3.63, 3.8) is 0 Å². The van der Waals surface area contributed by atoms with Crippen LogP contribution in [-0.4, -0.2) is 90.6 Å². The van der Waals surface area contributed by atoms with Gasteiger partial charge < -0.3 is 19.6 Å². The van der Waals surface area contributed by atoms with Crippen molar-refractivity contribution in [2.45, 2.75) is 13.8 Å². The summed E-state index contributed by atoms with van der Waals surface area (Å²) >= 11 is 0. The maximum Gasteiger partial charge on any atom is 0.312 e. The lowest BCUT2D eigenvalue weighted by Crippen LogP contribution is -2.57. The molecule has 156 valence electrons. The molecule has 0 N–H and O–H groups in total. The molecule has 3 rings (SSSR count). The summed E-state index contributed by atoms with van der Waals surface area (Å²) in [6.45, 7) is 5.99. The van der Waals surface area contributed by atoms with Crippen LogP contribution in [-0.2, 0) is 14.4 Å². The lowest BCUT2D eigenvalue weighted by molar-refractivity contribution is -0.157. The Labute approximate surface area is 168 Å². The normalized spacial score (nSPS) is 17.8. The van der Waals surface area contributed by atoms with E-state index in [-0.39, 0.29) is 18.2 Å². The van der Waals surface area contributed by atoms with Crippen LogP contribution in [0.4, 0.5) is 10.1 Å². The van der Waals surface area contributed by atoms with Crippen LogP contribution in [0, 0.1) is 5.82 Å².